The molecule has 3 heterocycles. The summed E-state index contributed by atoms with van der Waals surface area (Å²) >= 11 is 0. The molecular formula is C23H31N5. The highest BCUT2D eigenvalue weighted by molar-refractivity contribution is 5.31. The van der Waals surface area contributed by atoms with Crippen molar-refractivity contribution in [1.29, 1.82) is 0 Å². The van der Waals surface area contributed by atoms with Crippen molar-refractivity contribution in [2.45, 2.75) is 44.2 Å². The van der Waals surface area contributed by atoms with Crippen molar-refractivity contribution in [3.63, 3.8) is 0 Å². The van der Waals surface area contributed by atoms with E-state index in [1.54, 1.807) is 11.1 Å². The number of aromatic nitrogens is 2. The SMILES string of the molecule is c1cnc(N2CCC(N3CCN([C@H]4CCc5ccccc5C4)CC3)CC2)nc1. The van der Waals surface area contributed by atoms with Gasteiger partial charge < -0.3 is 4.90 Å². The van der Waals surface area contributed by atoms with Crippen LogP contribution in [0.2, 0.25) is 0 Å². The van der Waals surface area contributed by atoms with Crippen LogP contribution in [0.1, 0.15) is 30.4 Å². The molecule has 28 heavy (non-hydrogen) atoms. The topological polar surface area (TPSA) is 35.5 Å². The van der Waals surface area contributed by atoms with Crippen molar-refractivity contribution in [3.8, 4) is 0 Å². The minimum Gasteiger partial charge on any atom is -0.341 e. The maximum Gasteiger partial charge on any atom is 0.225 e. The predicted octanol–water partition coefficient (Wildman–Crippen LogP) is 2.62. The Morgan fingerprint density at radius 2 is 1.32 bits per heavy atom. The summed E-state index contributed by atoms with van der Waals surface area (Å²) in [4.78, 5) is 16.7. The molecule has 5 nitrogen and oxygen atoms in total. The first kappa shape index (κ1) is 18.1. The van der Waals surface area contributed by atoms with Gasteiger partial charge in [-0.05, 0) is 49.3 Å². The van der Waals surface area contributed by atoms with Crippen LogP contribution in [0.5, 0.6) is 0 Å². The van der Waals surface area contributed by atoms with Crippen LogP contribution in [0.3, 0.4) is 0 Å². The first-order valence-electron chi connectivity index (χ1n) is 10.9. The fourth-order valence-electron chi connectivity index (χ4n) is 5.34. The van der Waals surface area contributed by atoms with E-state index in [-0.39, 0.29) is 0 Å². The van der Waals surface area contributed by atoms with E-state index in [0.29, 0.717) is 0 Å². The van der Waals surface area contributed by atoms with Gasteiger partial charge in [0.05, 0.1) is 0 Å². The Labute approximate surface area is 168 Å². The van der Waals surface area contributed by atoms with Crippen LogP contribution in [0, 0.1) is 0 Å². The fourth-order valence-corrected chi connectivity index (χ4v) is 5.34. The number of anilines is 1. The Bertz CT molecular complexity index is 764. The summed E-state index contributed by atoms with van der Waals surface area (Å²) in [6, 6.07) is 12.4. The standard InChI is InChI=1S/C23H31N5/c1-2-5-20-18-22(7-6-19(20)4-1)27-16-14-26(15-17-27)21-8-12-28(13-9-21)23-24-10-3-11-25-23/h1-5,10-11,21-22H,6-9,12-18H2/t22-/m0/s1. The van der Waals surface area contributed by atoms with E-state index in [1.807, 2.05) is 18.5 Å². The van der Waals surface area contributed by atoms with E-state index < -0.39 is 0 Å². The van der Waals surface area contributed by atoms with Gasteiger partial charge in [-0.3, -0.25) is 9.80 Å². The number of benzene rings is 1. The summed E-state index contributed by atoms with van der Waals surface area (Å²) in [6.45, 7) is 7.07. The number of hydrogen-bond donors (Lipinski definition) is 0. The summed E-state index contributed by atoms with van der Waals surface area (Å²) in [6.07, 6.45) is 9.97. The van der Waals surface area contributed by atoms with E-state index in [9.17, 15) is 0 Å². The van der Waals surface area contributed by atoms with Crippen LogP contribution >= 0.6 is 0 Å². The van der Waals surface area contributed by atoms with Gasteiger partial charge >= 0.3 is 0 Å². The second kappa shape index (κ2) is 8.18. The Morgan fingerprint density at radius 3 is 2.04 bits per heavy atom. The smallest absolute Gasteiger partial charge is 0.225 e. The maximum absolute atomic E-state index is 4.41. The number of piperazine rings is 1. The molecule has 0 bridgehead atoms. The molecule has 2 saturated heterocycles. The number of piperidine rings is 1. The molecule has 0 amide bonds. The van der Waals surface area contributed by atoms with Crippen LogP contribution in [-0.2, 0) is 12.8 Å². The largest absolute Gasteiger partial charge is 0.341 e. The van der Waals surface area contributed by atoms with Crippen molar-refractivity contribution in [1.82, 2.24) is 19.8 Å². The van der Waals surface area contributed by atoms with Gasteiger partial charge in [0, 0.05) is 63.7 Å². The Balaban J connectivity index is 1.11. The van der Waals surface area contributed by atoms with Crippen LogP contribution in [-0.4, -0.2) is 71.1 Å². The summed E-state index contributed by atoms with van der Waals surface area (Å²) in [5, 5.41) is 0. The Hall–Kier alpha value is -1.98. The zero-order valence-electron chi connectivity index (χ0n) is 16.7. The average molecular weight is 378 g/mol. The lowest BCUT2D eigenvalue weighted by molar-refractivity contribution is 0.0567. The van der Waals surface area contributed by atoms with E-state index in [0.717, 1.165) is 31.1 Å². The van der Waals surface area contributed by atoms with Crippen molar-refractivity contribution < 1.29 is 0 Å². The van der Waals surface area contributed by atoms with E-state index >= 15 is 0 Å². The number of nitrogens with zero attached hydrogens (tertiary/aromatic N) is 5. The molecule has 0 saturated carbocycles. The molecule has 0 N–H and O–H groups in total. The van der Waals surface area contributed by atoms with Crippen LogP contribution in [0.4, 0.5) is 5.95 Å². The second-order valence-corrected chi connectivity index (χ2v) is 8.50. The van der Waals surface area contributed by atoms with Gasteiger partial charge in [-0.1, -0.05) is 24.3 Å². The molecule has 3 aliphatic rings. The van der Waals surface area contributed by atoms with Gasteiger partial charge in [-0.15, -0.1) is 0 Å². The van der Waals surface area contributed by atoms with Gasteiger partial charge in [-0.2, -0.15) is 0 Å². The molecule has 1 aromatic carbocycles. The summed E-state index contributed by atoms with van der Waals surface area (Å²) in [5.41, 5.74) is 3.16. The lowest BCUT2D eigenvalue weighted by Crippen LogP contribution is -2.56. The summed E-state index contributed by atoms with van der Waals surface area (Å²) in [7, 11) is 0. The molecule has 2 fully saturated rings. The van der Waals surface area contributed by atoms with Gasteiger partial charge in [0.1, 0.15) is 0 Å². The van der Waals surface area contributed by atoms with Crippen LogP contribution in [0.25, 0.3) is 0 Å². The molecule has 0 unspecified atom stereocenters. The first-order valence-corrected chi connectivity index (χ1v) is 10.9. The first-order chi connectivity index (χ1) is 13.9. The van der Waals surface area contributed by atoms with Gasteiger partial charge in [-0.25, -0.2) is 9.97 Å². The number of rotatable bonds is 3. The highest BCUT2D eigenvalue weighted by Gasteiger charge is 2.31. The zero-order chi connectivity index (χ0) is 18.8. The lowest BCUT2D eigenvalue weighted by atomic mass is 9.87. The molecule has 2 aromatic rings. The third-order valence-electron chi connectivity index (χ3n) is 7.00. The molecule has 1 atom stereocenters. The Kier molecular flexibility index (Phi) is 5.28. The molecule has 0 spiro atoms. The number of hydrogen-bond acceptors (Lipinski definition) is 5. The number of fused-ring (bicyclic) bond motifs is 1. The molecule has 5 heteroatoms. The van der Waals surface area contributed by atoms with Crippen molar-refractivity contribution in [3.05, 3.63) is 53.9 Å². The van der Waals surface area contributed by atoms with E-state index in [1.165, 1.54) is 58.3 Å². The summed E-state index contributed by atoms with van der Waals surface area (Å²) in [5.74, 6) is 0.892. The third kappa shape index (κ3) is 3.78. The van der Waals surface area contributed by atoms with Gasteiger partial charge in [0.25, 0.3) is 0 Å². The zero-order valence-corrected chi connectivity index (χ0v) is 16.7. The summed E-state index contributed by atoms with van der Waals surface area (Å²) < 4.78 is 0. The van der Waals surface area contributed by atoms with Gasteiger partial charge in [0.2, 0.25) is 5.95 Å². The Morgan fingerprint density at radius 1 is 0.679 bits per heavy atom. The second-order valence-electron chi connectivity index (χ2n) is 8.50. The molecule has 0 radical (unpaired) electrons. The number of aryl methyl sites for hydroxylation is 1. The highest BCUT2D eigenvalue weighted by Crippen LogP contribution is 2.26. The molecule has 1 aliphatic carbocycles. The maximum atomic E-state index is 4.41. The molecule has 148 valence electrons. The van der Waals surface area contributed by atoms with Crippen LogP contribution < -0.4 is 4.90 Å². The molecule has 2 aliphatic heterocycles. The average Bonchev–Trinajstić information content (AvgIpc) is 2.80. The monoisotopic (exact) mass is 377 g/mol. The van der Waals surface area contributed by atoms with Crippen molar-refractivity contribution >= 4 is 5.95 Å². The minimum absolute atomic E-state index is 0.731. The minimum atomic E-state index is 0.731. The van der Waals surface area contributed by atoms with Crippen molar-refractivity contribution in [2.24, 2.45) is 0 Å². The highest BCUT2D eigenvalue weighted by atomic mass is 15.3. The van der Waals surface area contributed by atoms with E-state index in [4.69, 9.17) is 0 Å². The molecule has 5 rings (SSSR count). The quantitative estimate of drug-likeness (QED) is 0.822. The predicted molar refractivity (Wildman–Crippen MR) is 113 cm³/mol. The van der Waals surface area contributed by atoms with E-state index in [2.05, 4.69) is 48.9 Å². The fraction of sp³-hybridized carbons (Fsp3) is 0.565. The lowest BCUT2D eigenvalue weighted by Gasteiger charge is -2.45. The third-order valence-corrected chi connectivity index (χ3v) is 7.00. The van der Waals surface area contributed by atoms with Crippen LogP contribution in [0.15, 0.2) is 42.7 Å². The van der Waals surface area contributed by atoms with Crippen molar-refractivity contribution in [2.75, 3.05) is 44.2 Å². The molecule has 1 aromatic heterocycles. The van der Waals surface area contributed by atoms with Gasteiger partial charge in [0.15, 0.2) is 0 Å². The molecular weight excluding hydrogens is 346 g/mol. The normalized spacial score (nSPS) is 24.9.